The zero-order valence-corrected chi connectivity index (χ0v) is 10.6. The second kappa shape index (κ2) is 12.8. The van der Waals surface area contributed by atoms with Crippen molar-refractivity contribution in [3.05, 3.63) is 0 Å². The van der Waals surface area contributed by atoms with Crippen LogP contribution in [0.4, 0.5) is 0 Å². The topological polar surface area (TPSA) is 109 Å². The van der Waals surface area contributed by atoms with E-state index in [0.717, 1.165) is 0 Å². The normalized spacial score (nSPS) is 5.56. The van der Waals surface area contributed by atoms with Crippen LogP contribution in [0.25, 0.3) is 0 Å². The molecule has 9 heavy (non-hydrogen) atoms. The molecule has 0 aliphatic rings. The second-order valence-electron chi connectivity index (χ2n) is 0.476. The van der Waals surface area contributed by atoms with Crippen molar-refractivity contribution in [2.75, 3.05) is 0 Å². The Balaban J connectivity index is -0.0000000720. The monoisotopic (exact) mass is 437 g/mol. The van der Waals surface area contributed by atoms with Gasteiger partial charge in [0.2, 0.25) is 0 Å². The SMILES string of the molecule is [Eu].[O]=[Nb](=[O])[OH].[O]=[Nb](=[O])[OH]. The van der Waals surface area contributed by atoms with E-state index in [9.17, 15) is 0 Å². The van der Waals surface area contributed by atoms with Gasteiger partial charge in [-0.25, -0.2) is 0 Å². The van der Waals surface area contributed by atoms with Crippen molar-refractivity contribution in [3.63, 3.8) is 0 Å². The molecule has 55 valence electrons. The summed E-state index contributed by atoms with van der Waals surface area (Å²) in [6.45, 7) is 0. The Labute approximate surface area is 105 Å². The summed E-state index contributed by atoms with van der Waals surface area (Å²) < 4.78 is 49.1. The maximum atomic E-state index is 8.71. The molecule has 0 saturated heterocycles. The molecule has 0 heterocycles. The van der Waals surface area contributed by atoms with E-state index in [1.165, 1.54) is 0 Å². The van der Waals surface area contributed by atoms with Crippen LogP contribution >= 0.6 is 0 Å². The van der Waals surface area contributed by atoms with Crippen LogP contribution in [0.5, 0.6) is 0 Å². The summed E-state index contributed by atoms with van der Waals surface area (Å²) in [5, 5.41) is 0. The van der Waals surface area contributed by atoms with Gasteiger partial charge in [-0.1, -0.05) is 0 Å². The van der Waals surface area contributed by atoms with Crippen LogP contribution in [0, 0.1) is 49.4 Å². The van der Waals surface area contributed by atoms with Gasteiger partial charge in [0.15, 0.2) is 0 Å². The van der Waals surface area contributed by atoms with E-state index in [4.69, 9.17) is 20.2 Å². The van der Waals surface area contributed by atoms with Crippen molar-refractivity contribution in [1.29, 1.82) is 0 Å². The Morgan fingerprint density at radius 3 is 0.778 bits per heavy atom. The van der Waals surface area contributed by atoms with Crippen molar-refractivity contribution >= 4 is 0 Å². The fourth-order valence-electron chi connectivity index (χ4n) is 0. The minimum absolute atomic E-state index is 0. The molecule has 0 aromatic rings. The van der Waals surface area contributed by atoms with E-state index in [1.807, 2.05) is 0 Å². The maximum absolute atomic E-state index is 8.71. The molecule has 0 amide bonds. The van der Waals surface area contributed by atoms with Gasteiger partial charge in [0, 0.05) is 49.4 Å². The molecule has 1 radical (unpaired) electrons. The Kier molecular flexibility index (Phi) is 24.7. The van der Waals surface area contributed by atoms with Gasteiger partial charge < -0.3 is 0 Å². The summed E-state index contributed by atoms with van der Waals surface area (Å²) in [4.78, 5) is 0. The average molecular weight is 436 g/mol. The standard InChI is InChI=1S/Eu.2Nb.2H2O.4O/h;;;2*1H2;;;;/q;2*+1;;;;;;/p-2. The Hall–Kier alpha value is 2.18. The van der Waals surface area contributed by atoms with E-state index >= 15 is 0 Å². The first-order valence-corrected chi connectivity index (χ1v) is 6.69. The first-order chi connectivity index (χ1) is 3.46. The Bertz CT molecular complexity index is 128. The predicted molar refractivity (Wildman–Crippen MR) is 7.18 cm³/mol. The Morgan fingerprint density at radius 1 is 0.778 bits per heavy atom. The molecule has 9 heteroatoms. The fraction of sp³-hybridized carbons (Fsp3) is 0. The summed E-state index contributed by atoms with van der Waals surface area (Å²) in [7, 11) is 0. The molecular formula is H2EuNb2O6. The van der Waals surface area contributed by atoms with Gasteiger partial charge >= 0.3 is 57.8 Å². The van der Waals surface area contributed by atoms with Crippen molar-refractivity contribution in [1.82, 2.24) is 0 Å². The van der Waals surface area contributed by atoms with Crippen molar-refractivity contribution in [3.8, 4) is 0 Å². The summed E-state index contributed by atoms with van der Waals surface area (Å²) in [5.74, 6) is 0. The Morgan fingerprint density at radius 2 is 0.778 bits per heavy atom. The average Bonchev–Trinajstić information content (AvgIpc) is 1.25. The number of rotatable bonds is 0. The first kappa shape index (κ1) is 17.3. The van der Waals surface area contributed by atoms with E-state index in [-0.39, 0.29) is 49.4 Å². The summed E-state index contributed by atoms with van der Waals surface area (Å²) >= 11 is -7.90. The van der Waals surface area contributed by atoms with Gasteiger partial charge in [-0.05, 0) is 0 Å². The molecule has 0 fully saturated rings. The van der Waals surface area contributed by atoms with E-state index in [1.54, 1.807) is 0 Å². The molecule has 0 unspecified atom stereocenters. The summed E-state index contributed by atoms with van der Waals surface area (Å²) in [6, 6.07) is 0. The molecule has 0 aliphatic heterocycles. The zero-order valence-electron chi connectivity index (χ0n) is 3.80. The third kappa shape index (κ3) is 143. The van der Waals surface area contributed by atoms with Gasteiger partial charge in [-0.2, -0.15) is 0 Å². The van der Waals surface area contributed by atoms with Crippen molar-refractivity contribution in [2.45, 2.75) is 0 Å². The molecule has 2 N–H and O–H groups in total. The van der Waals surface area contributed by atoms with Crippen molar-refractivity contribution < 1.29 is 107 Å². The van der Waals surface area contributed by atoms with Gasteiger partial charge in [0.1, 0.15) is 0 Å². The van der Waals surface area contributed by atoms with E-state index in [2.05, 4.69) is 0 Å². The van der Waals surface area contributed by atoms with Gasteiger partial charge in [-0.3, -0.25) is 0 Å². The van der Waals surface area contributed by atoms with Crippen LogP contribution in [0.2, 0.25) is 0 Å². The summed E-state index contributed by atoms with van der Waals surface area (Å²) in [6.07, 6.45) is 0. The van der Waals surface area contributed by atoms with Crippen LogP contribution in [0.3, 0.4) is 0 Å². The quantitative estimate of drug-likeness (QED) is 0.444. The fourth-order valence-corrected chi connectivity index (χ4v) is 0. The first-order valence-electron chi connectivity index (χ1n) is 1.13. The second-order valence-corrected chi connectivity index (χ2v) is 2.81. The van der Waals surface area contributed by atoms with Crippen LogP contribution in [-0.2, 0) is 50.6 Å². The number of hydrogen-bond acceptors (Lipinski definition) is 4. The van der Waals surface area contributed by atoms with Crippen LogP contribution in [0.1, 0.15) is 0 Å². The molecule has 0 saturated carbocycles. The molecule has 0 rings (SSSR count). The van der Waals surface area contributed by atoms with Crippen LogP contribution in [-0.4, -0.2) is 7.23 Å². The molecule has 0 bridgehead atoms. The predicted octanol–water partition coefficient (Wildman–Crippen LogP) is -1.59. The molecule has 0 aliphatic carbocycles. The minimum atomic E-state index is -3.95. The third-order valence-electron chi connectivity index (χ3n) is 0. The third-order valence-corrected chi connectivity index (χ3v) is 0. The van der Waals surface area contributed by atoms with Gasteiger partial charge in [0.05, 0.1) is 0 Å². The van der Waals surface area contributed by atoms with Crippen LogP contribution in [0.15, 0.2) is 0 Å². The molecule has 0 aromatic heterocycles. The molecule has 0 spiro atoms. The van der Waals surface area contributed by atoms with Gasteiger partial charge in [0.25, 0.3) is 0 Å². The van der Waals surface area contributed by atoms with E-state index in [0.29, 0.717) is 0 Å². The zero-order chi connectivity index (χ0) is 7.15. The van der Waals surface area contributed by atoms with E-state index < -0.39 is 37.6 Å². The molecule has 6 nitrogen and oxygen atoms in total. The molecule has 0 atom stereocenters. The molecule has 0 aromatic carbocycles. The van der Waals surface area contributed by atoms with Crippen molar-refractivity contribution in [2.24, 2.45) is 0 Å². The summed E-state index contributed by atoms with van der Waals surface area (Å²) in [5.41, 5.74) is 0. The molecular weight excluding hydrogens is 434 g/mol. The van der Waals surface area contributed by atoms with Gasteiger partial charge in [-0.15, -0.1) is 0 Å². The van der Waals surface area contributed by atoms with Crippen LogP contribution < -0.4 is 0 Å². The number of hydrogen-bond donors (Lipinski definition) is 2.